The topological polar surface area (TPSA) is 29.5 Å². The average molecular weight is 249 g/mol. The van der Waals surface area contributed by atoms with Crippen molar-refractivity contribution in [1.82, 2.24) is 0 Å². The third kappa shape index (κ3) is 3.48. The fraction of sp³-hybridized carbons (Fsp3) is 0.143. The summed E-state index contributed by atoms with van der Waals surface area (Å²) in [6.07, 6.45) is -0.619. The van der Waals surface area contributed by atoms with Crippen molar-refractivity contribution >= 4 is 11.6 Å². The van der Waals surface area contributed by atoms with Crippen molar-refractivity contribution in [2.75, 3.05) is 6.61 Å². The summed E-state index contributed by atoms with van der Waals surface area (Å²) in [5, 5.41) is 10.6. The Hall–Kier alpha value is -1.51. The second-order valence-corrected chi connectivity index (χ2v) is 4.13. The molecule has 0 amide bonds. The Morgan fingerprint density at radius 2 is 1.65 bits per heavy atom. The molecule has 0 aliphatic rings. The molecule has 0 radical (unpaired) electrons. The van der Waals surface area contributed by atoms with E-state index in [9.17, 15) is 5.11 Å². The Morgan fingerprint density at radius 1 is 1.00 bits per heavy atom. The van der Waals surface area contributed by atoms with Crippen LogP contribution in [0, 0.1) is 0 Å². The Balaban J connectivity index is 1.92. The van der Waals surface area contributed by atoms with Crippen molar-refractivity contribution < 1.29 is 9.84 Å². The van der Waals surface area contributed by atoms with Crippen molar-refractivity contribution in [3.05, 3.63) is 65.2 Å². The van der Waals surface area contributed by atoms with Gasteiger partial charge in [0.1, 0.15) is 18.5 Å². The van der Waals surface area contributed by atoms with Crippen molar-refractivity contribution in [3.63, 3.8) is 0 Å². The molecule has 1 atom stereocenters. The van der Waals surface area contributed by atoms with E-state index in [2.05, 4.69) is 0 Å². The molecule has 3 heteroatoms. The third-order valence-corrected chi connectivity index (χ3v) is 2.66. The Kier molecular flexibility index (Phi) is 4.02. The molecule has 0 heterocycles. The minimum absolute atomic E-state index is 0.228. The normalized spacial score (nSPS) is 12.1. The van der Waals surface area contributed by atoms with Gasteiger partial charge in [0, 0.05) is 5.02 Å². The van der Waals surface area contributed by atoms with Gasteiger partial charge in [0.2, 0.25) is 0 Å². The van der Waals surface area contributed by atoms with E-state index in [1.807, 2.05) is 30.3 Å². The van der Waals surface area contributed by atoms with Crippen LogP contribution in [0.2, 0.25) is 5.02 Å². The highest BCUT2D eigenvalue weighted by Gasteiger charge is 2.07. The molecule has 0 bridgehead atoms. The summed E-state index contributed by atoms with van der Waals surface area (Å²) in [5.41, 5.74) is 0.849. The molecule has 17 heavy (non-hydrogen) atoms. The molecule has 0 aliphatic carbocycles. The predicted molar refractivity (Wildman–Crippen MR) is 68.3 cm³/mol. The fourth-order valence-corrected chi connectivity index (χ4v) is 1.60. The van der Waals surface area contributed by atoms with Gasteiger partial charge in [0.25, 0.3) is 0 Å². The fourth-order valence-electron chi connectivity index (χ4n) is 1.48. The lowest BCUT2D eigenvalue weighted by atomic mass is 10.1. The van der Waals surface area contributed by atoms with Crippen LogP contribution >= 0.6 is 11.6 Å². The van der Waals surface area contributed by atoms with Crippen LogP contribution in [0.3, 0.4) is 0 Å². The van der Waals surface area contributed by atoms with Crippen LogP contribution in [0.1, 0.15) is 11.7 Å². The maximum atomic E-state index is 9.89. The van der Waals surface area contributed by atoms with Crippen LogP contribution in [0.25, 0.3) is 0 Å². The summed E-state index contributed by atoms with van der Waals surface area (Å²) in [6, 6.07) is 16.5. The van der Waals surface area contributed by atoms with Gasteiger partial charge in [-0.15, -0.1) is 0 Å². The maximum Gasteiger partial charge on any atom is 0.119 e. The van der Waals surface area contributed by atoms with Gasteiger partial charge >= 0.3 is 0 Å². The van der Waals surface area contributed by atoms with E-state index in [4.69, 9.17) is 16.3 Å². The molecule has 0 saturated carbocycles. The Morgan fingerprint density at radius 3 is 2.29 bits per heavy atom. The number of rotatable bonds is 4. The average Bonchev–Trinajstić information content (AvgIpc) is 2.39. The van der Waals surface area contributed by atoms with Gasteiger partial charge in [-0.05, 0) is 29.8 Å². The quantitative estimate of drug-likeness (QED) is 0.898. The predicted octanol–water partition coefficient (Wildman–Crippen LogP) is 3.45. The number of aliphatic hydroxyl groups excluding tert-OH is 1. The number of benzene rings is 2. The first-order chi connectivity index (χ1) is 8.25. The van der Waals surface area contributed by atoms with E-state index < -0.39 is 6.10 Å². The summed E-state index contributed by atoms with van der Waals surface area (Å²) in [7, 11) is 0. The third-order valence-electron chi connectivity index (χ3n) is 2.41. The zero-order valence-corrected chi connectivity index (χ0v) is 9.97. The Labute approximate surface area is 105 Å². The highest BCUT2D eigenvalue weighted by atomic mass is 35.5. The van der Waals surface area contributed by atoms with Crippen LogP contribution in [-0.2, 0) is 0 Å². The molecule has 0 fully saturated rings. The Bertz CT molecular complexity index is 453. The van der Waals surface area contributed by atoms with Gasteiger partial charge in [-0.3, -0.25) is 0 Å². The van der Waals surface area contributed by atoms with E-state index in [0.717, 1.165) is 5.56 Å². The molecule has 0 spiro atoms. The van der Waals surface area contributed by atoms with Crippen LogP contribution < -0.4 is 4.74 Å². The lowest BCUT2D eigenvalue weighted by molar-refractivity contribution is 0.108. The van der Waals surface area contributed by atoms with Crippen LogP contribution in [0.15, 0.2) is 54.6 Å². The second kappa shape index (κ2) is 5.71. The number of aliphatic hydroxyl groups is 1. The summed E-state index contributed by atoms with van der Waals surface area (Å²) in [4.78, 5) is 0. The molecular weight excluding hydrogens is 236 g/mol. The van der Waals surface area contributed by atoms with E-state index in [1.165, 1.54) is 0 Å². The molecule has 2 aromatic rings. The first kappa shape index (κ1) is 12.0. The van der Waals surface area contributed by atoms with Gasteiger partial charge in [-0.2, -0.15) is 0 Å². The van der Waals surface area contributed by atoms with Crippen LogP contribution in [-0.4, -0.2) is 11.7 Å². The largest absolute Gasteiger partial charge is 0.491 e. The number of ether oxygens (including phenoxy) is 1. The van der Waals surface area contributed by atoms with Gasteiger partial charge in [-0.25, -0.2) is 0 Å². The molecule has 2 rings (SSSR count). The highest BCUT2D eigenvalue weighted by molar-refractivity contribution is 6.30. The van der Waals surface area contributed by atoms with Crippen molar-refractivity contribution in [2.45, 2.75) is 6.10 Å². The summed E-state index contributed by atoms with van der Waals surface area (Å²) < 4.78 is 5.47. The number of hydrogen-bond donors (Lipinski definition) is 1. The smallest absolute Gasteiger partial charge is 0.119 e. The van der Waals surface area contributed by atoms with Crippen molar-refractivity contribution in [1.29, 1.82) is 0 Å². The minimum Gasteiger partial charge on any atom is -0.491 e. The van der Waals surface area contributed by atoms with Crippen molar-refractivity contribution in [3.8, 4) is 5.75 Å². The SMILES string of the molecule is O[C@@H](COc1ccc(Cl)cc1)c1ccccc1. The standard InChI is InChI=1S/C14H13ClO2/c15-12-6-8-13(9-7-12)17-10-14(16)11-4-2-1-3-5-11/h1-9,14,16H,10H2/t14-/m0/s1. The van der Waals surface area contributed by atoms with Crippen LogP contribution in [0.5, 0.6) is 5.75 Å². The number of hydrogen-bond acceptors (Lipinski definition) is 2. The lowest BCUT2D eigenvalue weighted by Crippen LogP contribution is -2.09. The van der Waals surface area contributed by atoms with Crippen LogP contribution in [0.4, 0.5) is 0 Å². The molecule has 2 nitrogen and oxygen atoms in total. The van der Waals surface area contributed by atoms with Gasteiger partial charge < -0.3 is 9.84 Å². The monoisotopic (exact) mass is 248 g/mol. The zero-order valence-electron chi connectivity index (χ0n) is 9.21. The first-order valence-corrected chi connectivity index (χ1v) is 5.75. The molecule has 0 saturated heterocycles. The van der Waals surface area contributed by atoms with Gasteiger partial charge in [0.15, 0.2) is 0 Å². The molecule has 0 aromatic heterocycles. The lowest BCUT2D eigenvalue weighted by Gasteiger charge is -2.12. The molecular formula is C14H13ClO2. The summed E-state index contributed by atoms with van der Waals surface area (Å²) >= 11 is 5.77. The van der Waals surface area contributed by atoms with E-state index in [0.29, 0.717) is 10.8 Å². The van der Waals surface area contributed by atoms with Gasteiger partial charge in [-0.1, -0.05) is 41.9 Å². The van der Waals surface area contributed by atoms with Crippen molar-refractivity contribution in [2.24, 2.45) is 0 Å². The zero-order chi connectivity index (χ0) is 12.1. The summed E-state index contributed by atoms with van der Waals surface area (Å²) in [6.45, 7) is 0.228. The summed E-state index contributed by atoms with van der Waals surface area (Å²) in [5.74, 6) is 0.699. The minimum atomic E-state index is -0.619. The number of halogens is 1. The van der Waals surface area contributed by atoms with E-state index in [-0.39, 0.29) is 6.61 Å². The second-order valence-electron chi connectivity index (χ2n) is 3.69. The maximum absolute atomic E-state index is 9.89. The first-order valence-electron chi connectivity index (χ1n) is 5.37. The molecule has 2 aromatic carbocycles. The molecule has 1 N–H and O–H groups in total. The molecule has 88 valence electrons. The van der Waals surface area contributed by atoms with Gasteiger partial charge in [0.05, 0.1) is 0 Å². The van der Waals surface area contributed by atoms with E-state index in [1.54, 1.807) is 24.3 Å². The van der Waals surface area contributed by atoms with E-state index >= 15 is 0 Å². The highest BCUT2D eigenvalue weighted by Crippen LogP contribution is 2.18. The molecule has 0 aliphatic heterocycles. The molecule has 0 unspecified atom stereocenters.